The van der Waals surface area contributed by atoms with Gasteiger partial charge in [0, 0.05) is 29.4 Å². The highest BCUT2D eigenvalue weighted by Crippen LogP contribution is 2.30. The summed E-state index contributed by atoms with van der Waals surface area (Å²) in [4.78, 5) is 24.4. The fourth-order valence-electron chi connectivity index (χ4n) is 2.87. The molecule has 0 unspecified atom stereocenters. The van der Waals surface area contributed by atoms with Crippen LogP contribution in [0.4, 0.5) is 4.79 Å². The quantitative estimate of drug-likeness (QED) is 0.850. The standard InChI is InChI=1S/C20H24N4O3/c1-12-10-15-16(11-22-12)24(19(26)27-20(2,3)4)23-17(15)13-6-8-14(9-7-13)18(25)21-5/h6-10,22H,11H2,1-5H3,(H,21,25). The molecule has 0 atom stereocenters. The summed E-state index contributed by atoms with van der Waals surface area (Å²) in [7, 11) is 1.59. The van der Waals surface area contributed by atoms with E-state index in [1.165, 1.54) is 4.68 Å². The molecular formula is C20H24N4O3. The molecule has 7 nitrogen and oxygen atoms in total. The predicted octanol–water partition coefficient (Wildman–Crippen LogP) is 3.16. The third-order valence-electron chi connectivity index (χ3n) is 4.13. The van der Waals surface area contributed by atoms with E-state index in [1.807, 2.05) is 45.9 Å². The van der Waals surface area contributed by atoms with Crippen molar-refractivity contribution in [3.63, 3.8) is 0 Å². The fourth-order valence-corrected chi connectivity index (χ4v) is 2.87. The topological polar surface area (TPSA) is 85.2 Å². The number of nitrogens with zero attached hydrogens (tertiary/aromatic N) is 2. The second-order valence-corrected chi connectivity index (χ2v) is 7.44. The zero-order valence-corrected chi connectivity index (χ0v) is 16.2. The van der Waals surface area contributed by atoms with Crippen LogP contribution in [-0.2, 0) is 11.3 Å². The second kappa shape index (κ2) is 6.90. The lowest BCUT2D eigenvalue weighted by Crippen LogP contribution is -2.30. The van der Waals surface area contributed by atoms with Gasteiger partial charge in [0.2, 0.25) is 0 Å². The lowest BCUT2D eigenvalue weighted by Gasteiger charge is -2.20. The molecule has 0 saturated carbocycles. The maximum absolute atomic E-state index is 12.6. The lowest BCUT2D eigenvalue weighted by atomic mass is 10.0. The number of aromatic nitrogens is 2. The average Bonchev–Trinajstić information content (AvgIpc) is 2.98. The van der Waals surface area contributed by atoms with E-state index in [-0.39, 0.29) is 5.91 Å². The largest absolute Gasteiger partial charge is 0.442 e. The maximum atomic E-state index is 12.6. The van der Waals surface area contributed by atoms with Crippen molar-refractivity contribution in [3.8, 4) is 11.3 Å². The van der Waals surface area contributed by atoms with Crippen molar-refractivity contribution in [1.82, 2.24) is 20.4 Å². The Balaban J connectivity index is 2.06. The zero-order valence-electron chi connectivity index (χ0n) is 16.2. The number of hydrogen-bond acceptors (Lipinski definition) is 5. The summed E-state index contributed by atoms with van der Waals surface area (Å²) < 4.78 is 6.81. The van der Waals surface area contributed by atoms with Crippen LogP contribution in [0.1, 0.15) is 49.3 Å². The molecule has 0 bridgehead atoms. The number of fused-ring (bicyclic) bond motifs is 1. The molecule has 142 valence electrons. The highest BCUT2D eigenvalue weighted by molar-refractivity contribution is 5.94. The van der Waals surface area contributed by atoms with Gasteiger partial charge in [-0.05, 0) is 45.9 Å². The van der Waals surface area contributed by atoms with Gasteiger partial charge in [-0.2, -0.15) is 9.78 Å². The minimum atomic E-state index is -0.612. The van der Waals surface area contributed by atoms with Crippen molar-refractivity contribution >= 4 is 18.1 Å². The van der Waals surface area contributed by atoms with E-state index in [9.17, 15) is 9.59 Å². The summed E-state index contributed by atoms with van der Waals surface area (Å²) in [5.41, 5.74) is 4.08. The molecule has 1 aromatic carbocycles. The summed E-state index contributed by atoms with van der Waals surface area (Å²) in [5.74, 6) is -0.150. The molecule has 1 aromatic heterocycles. The number of nitrogens with one attached hydrogen (secondary N) is 2. The van der Waals surface area contributed by atoms with Gasteiger partial charge in [0.05, 0.1) is 12.2 Å². The van der Waals surface area contributed by atoms with Crippen LogP contribution in [-0.4, -0.2) is 34.4 Å². The van der Waals surface area contributed by atoms with Gasteiger partial charge < -0.3 is 15.4 Å². The van der Waals surface area contributed by atoms with Crippen molar-refractivity contribution in [2.75, 3.05) is 7.05 Å². The molecule has 1 aliphatic rings. The van der Waals surface area contributed by atoms with Gasteiger partial charge in [-0.15, -0.1) is 0 Å². The Hall–Kier alpha value is -3.09. The minimum Gasteiger partial charge on any atom is -0.442 e. The number of carbonyl (C=O) groups excluding carboxylic acids is 2. The van der Waals surface area contributed by atoms with Gasteiger partial charge in [0.25, 0.3) is 5.91 Å². The lowest BCUT2D eigenvalue weighted by molar-refractivity contribution is 0.0509. The highest BCUT2D eigenvalue weighted by atomic mass is 16.6. The molecule has 3 rings (SSSR count). The monoisotopic (exact) mass is 368 g/mol. The Bertz CT molecular complexity index is 918. The first-order valence-corrected chi connectivity index (χ1v) is 8.79. The zero-order chi connectivity index (χ0) is 19.8. The first-order chi connectivity index (χ1) is 12.7. The first kappa shape index (κ1) is 18.7. The van der Waals surface area contributed by atoms with E-state index in [2.05, 4.69) is 15.7 Å². The third kappa shape index (κ3) is 3.86. The molecule has 1 aliphatic heterocycles. The van der Waals surface area contributed by atoms with Crippen LogP contribution >= 0.6 is 0 Å². The molecule has 2 N–H and O–H groups in total. The number of allylic oxidation sites excluding steroid dienone is 1. The van der Waals surface area contributed by atoms with Crippen LogP contribution in [0.3, 0.4) is 0 Å². The van der Waals surface area contributed by atoms with E-state index in [1.54, 1.807) is 19.2 Å². The third-order valence-corrected chi connectivity index (χ3v) is 4.13. The normalized spacial score (nSPS) is 13.3. The molecule has 1 amide bonds. The van der Waals surface area contributed by atoms with Crippen LogP contribution in [0.15, 0.2) is 30.0 Å². The molecule has 2 aromatic rings. The van der Waals surface area contributed by atoms with Gasteiger partial charge in [0.15, 0.2) is 0 Å². The molecule has 7 heteroatoms. The van der Waals surface area contributed by atoms with Gasteiger partial charge in [-0.25, -0.2) is 4.79 Å². The summed E-state index contributed by atoms with van der Waals surface area (Å²) >= 11 is 0. The molecule has 0 saturated heterocycles. The molecule has 0 aliphatic carbocycles. The Labute approximate surface area is 158 Å². The summed E-state index contributed by atoms with van der Waals surface area (Å²) in [6.07, 6.45) is 1.45. The SMILES string of the molecule is CNC(=O)c1ccc(-c2nn(C(=O)OC(C)(C)C)c3c2C=C(C)NC3)cc1. The van der Waals surface area contributed by atoms with Crippen molar-refractivity contribution < 1.29 is 14.3 Å². The Morgan fingerprint density at radius 2 is 1.89 bits per heavy atom. The maximum Gasteiger partial charge on any atom is 0.435 e. The molecule has 0 fully saturated rings. The average molecular weight is 368 g/mol. The molecule has 2 heterocycles. The highest BCUT2D eigenvalue weighted by Gasteiger charge is 2.27. The van der Waals surface area contributed by atoms with Crippen molar-refractivity contribution in [2.24, 2.45) is 0 Å². The van der Waals surface area contributed by atoms with Gasteiger partial charge in [-0.1, -0.05) is 12.1 Å². The number of carbonyl (C=O) groups is 2. The second-order valence-electron chi connectivity index (χ2n) is 7.44. The van der Waals surface area contributed by atoms with E-state index < -0.39 is 11.7 Å². The van der Waals surface area contributed by atoms with Crippen LogP contribution in [0.2, 0.25) is 0 Å². The molecule has 0 radical (unpaired) electrons. The van der Waals surface area contributed by atoms with Crippen molar-refractivity contribution in [3.05, 3.63) is 46.8 Å². The Morgan fingerprint density at radius 3 is 2.48 bits per heavy atom. The van der Waals surface area contributed by atoms with Crippen LogP contribution in [0, 0.1) is 0 Å². The van der Waals surface area contributed by atoms with Crippen molar-refractivity contribution in [1.29, 1.82) is 0 Å². The Morgan fingerprint density at radius 1 is 1.22 bits per heavy atom. The van der Waals surface area contributed by atoms with E-state index in [4.69, 9.17) is 4.74 Å². The van der Waals surface area contributed by atoms with Crippen LogP contribution in [0.5, 0.6) is 0 Å². The van der Waals surface area contributed by atoms with Crippen LogP contribution in [0.25, 0.3) is 17.3 Å². The summed E-state index contributed by atoms with van der Waals surface area (Å²) in [5, 5.41) is 10.4. The first-order valence-electron chi connectivity index (χ1n) is 8.79. The minimum absolute atomic E-state index is 0.150. The van der Waals surface area contributed by atoms with E-state index in [0.29, 0.717) is 17.8 Å². The molecular weight excluding hydrogens is 344 g/mol. The predicted molar refractivity (Wildman–Crippen MR) is 103 cm³/mol. The molecule has 27 heavy (non-hydrogen) atoms. The number of ether oxygens (including phenoxy) is 1. The summed E-state index contributed by atoms with van der Waals surface area (Å²) in [6.45, 7) is 7.91. The van der Waals surface area contributed by atoms with Gasteiger partial charge in [0.1, 0.15) is 11.3 Å². The number of amides is 1. The smallest absolute Gasteiger partial charge is 0.435 e. The van der Waals surface area contributed by atoms with Crippen LogP contribution < -0.4 is 10.6 Å². The van der Waals surface area contributed by atoms with Gasteiger partial charge >= 0.3 is 6.09 Å². The summed E-state index contributed by atoms with van der Waals surface area (Å²) in [6, 6.07) is 7.14. The van der Waals surface area contributed by atoms with E-state index >= 15 is 0 Å². The number of hydrogen-bond donors (Lipinski definition) is 2. The van der Waals surface area contributed by atoms with Gasteiger partial charge in [-0.3, -0.25) is 4.79 Å². The fraction of sp³-hybridized carbons (Fsp3) is 0.350. The molecule has 0 spiro atoms. The number of benzene rings is 1. The number of rotatable bonds is 2. The van der Waals surface area contributed by atoms with E-state index in [0.717, 1.165) is 22.5 Å². The van der Waals surface area contributed by atoms with Crippen molar-refractivity contribution in [2.45, 2.75) is 39.8 Å². The Kier molecular flexibility index (Phi) is 4.78.